The molecule has 1 aromatic rings. The molecule has 0 atom stereocenters. The number of nitrogens with one attached hydrogen (secondary N) is 1. The van der Waals surface area contributed by atoms with Gasteiger partial charge in [0.05, 0.1) is 12.2 Å². The predicted molar refractivity (Wildman–Crippen MR) is 74.4 cm³/mol. The van der Waals surface area contributed by atoms with Crippen LogP contribution in [0, 0.1) is 17.5 Å². The first-order valence-electron chi connectivity index (χ1n) is 7.13. The van der Waals surface area contributed by atoms with E-state index < -0.39 is 17.5 Å². The van der Waals surface area contributed by atoms with Gasteiger partial charge in [-0.25, -0.2) is 13.2 Å². The van der Waals surface area contributed by atoms with Crippen molar-refractivity contribution in [2.75, 3.05) is 18.9 Å². The molecule has 0 aromatic heterocycles. The van der Waals surface area contributed by atoms with Gasteiger partial charge in [-0.2, -0.15) is 0 Å². The van der Waals surface area contributed by atoms with Crippen LogP contribution in [-0.2, 0) is 4.79 Å². The molecule has 3 nitrogen and oxygen atoms in total. The van der Waals surface area contributed by atoms with Crippen molar-refractivity contribution in [3.8, 4) is 0 Å². The van der Waals surface area contributed by atoms with Crippen molar-refractivity contribution in [2.24, 2.45) is 0 Å². The van der Waals surface area contributed by atoms with Gasteiger partial charge in [0, 0.05) is 13.1 Å². The molecule has 1 aliphatic rings. The standard InChI is InChI=1S/C15H19F3N2O/c1-20(10-5-3-2-4-6-10)13(21)9-19-12-8-7-11(16)14(17)15(12)18/h7-8,10,19H,2-6,9H2,1H3. The molecule has 116 valence electrons. The Morgan fingerprint density at radius 3 is 2.52 bits per heavy atom. The summed E-state index contributed by atoms with van der Waals surface area (Å²) in [6, 6.07) is 2.13. The zero-order valence-electron chi connectivity index (χ0n) is 12.0. The molecule has 0 bridgehead atoms. The second-order valence-electron chi connectivity index (χ2n) is 5.37. The Morgan fingerprint density at radius 2 is 1.86 bits per heavy atom. The predicted octanol–water partition coefficient (Wildman–Crippen LogP) is 3.31. The summed E-state index contributed by atoms with van der Waals surface area (Å²) in [6.45, 7) is -0.144. The van der Waals surface area contributed by atoms with Gasteiger partial charge >= 0.3 is 0 Å². The third kappa shape index (κ3) is 3.68. The molecule has 6 heteroatoms. The number of hydrogen-bond donors (Lipinski definition) is 1. The molecule has 1 N–H and O–H groups in total. The Morgan fingerprint density at radius 1 is 1.19 bits per heavy atom. The third-order valence-corrected chi connectivity index (χ3v) is 3.98. The average molecular weight is 300 g/mol. The van der Waals surface area contributed by atoms with E-state index in [2.05, 4.69) is 5.32 Å². The Balaban J connectivity index is 1.93. The molecule has 1 aromatic carbocycles. The van der Waals surface area contributed by atoms with Gasteiger partial charge in [0.2, 0.25) is 5.91 Å². The summed E-state index contributed by atoms with van der Waals surface area (Å²) < 4.78 is 39.4. The van der Waals surface area contributed by atoms with Crippen LogP contribution in [0.1, 0.15) is 32.1 Å². The number of halogens is 3. The summed E-state index contributed by atoms with van der Waals surface area (Å²) in [4.78, 5) is 13.7. The van der Waals surface area contributed by atoms with Crippen LogP contribution in [-0.4, -0.2) is 30.4 Å². The molecule has 21 heavy (non-hydrogen) atoms. The summed E-state index contributed by atoms with van der Waals surface area (Å²) in [6.07, 6.45) is 5.35. The van der Waals surface area contributed by atoms with E-state index in [0.717, 1.165) is 37.8 Å². The molecule has 1 amide bonds. The first-order chi connectivity index (χ1) is 10.0. The van der Waals surface area contributed by atoms with Crippen LogP contribution < -0.4 is 5.32 Å². The minimum Gasteiger partial charge on any atom is -0.374 e. The van der Waals surface area contributed by atoms with Crippen LogP contribution in [0.15, 0.2) is 12.1 Å². The van der Waals surface area contributed by atoms with Gasteiger partial charge in [-0.05, 0) is 25.0 Å². The number of likely N-dealkylation sites (N-methyl/N-ethyl adjacent to an activating group) is 1. The number of carbonyl (C=O) groups excluding carboxylic acids is 1. The Labute approximate surface area is 122 Å². The number of benzene rings is 1. The van der Waals surface area contributed by atoms with Gasteiger partial charge in [-0.1, -0.05) is 19.3 Å². The van der Waals surface area contributed by atoms with Crippen LogP contribution in [0.3, 0.4) is 0 Å². The lowest BCUT2D eigenvalue weighted by Crippen LogP contribution is -2.41. The van der Waals surface area contributed by atoms with Crippen molar-refractivity contribution in [2.45, 2.75) is 38.1 Å². The average Bonchev–Trinajstić information content (AvgIpc) is 2.52. The third-order valence-electron chi connectivity index (χ3n) is 3.98. The quantitative estimate of drug-likeness (QED) is 0.865. The van der Waals surface area contributed by atoms with Crippen molar-refractivity contribution < 1.29 is 18.0 Å². The second-order valence-corrected chi connectivity index (χ2v) is 5.37. The van der Waals surface area contributed by atoms with Crippen molar-refractivity contribution in [3.05, 3.63) is 29.6 Å². The fourth-order valence-corrected chi connectivity index (χ4v) is 2.63. The Hall–Kier alpha value is -1.72. The molecule has 1 aliphatic carbocycles. The number of anilines is 1. The van der Waals surface area contributed by atoms with E-state index in [4.69, 9.17) is 0 Å². The second kappa shape index (κ2) is 6.83. The van der Waals surface area contributed by atoms with Gasteiger partial charge in [-0.3, -0.25) is 4.79 Å². The highest BCUT2D eigenvalue weighted by Gasteiger charge is 2.22. The Kier molecular flexibility index (Phi) is 5.09. The van der Waals surface area contributed by atoms with E-state index in [1.165, 1.54) is 6.42 Å². The van der Waals surface area contributed by atoms with Crippen LogP contribution in [0.25, 0.3) is 0 Å². The summed E-state index contributed by atoms with van der Waals surface area (Å²) in [7, 11) is 1.72. The van der Waals surface area contributed by atoms with E-state index in [0.29, 0.717) is 0 Å². The lowest BCUT2D eigenvalue weighted by molar-refractivity contribution is -0.130. The largest absolute Gasteiger partial charge is 0.374 e. The highest BCUT2D eigenvalue weighted by Crippen LogP contribution is 2.22. The molecule has 0 unspecified atom stereocenters. The first kappa shape index (κ1) is 15.7. The molecule has 1 fully saturated rings. The molecule has 0 aliphatic heterocycles. The van der Waals surface area contributed by atoms with Gasteiger partial charge < -0.3 is 10.2 Å². The van der Waals surface area contributed by atoms with E-state index in [9.17, 15) is 18.0 Å². The molecule has 1 saturated carbocycles. The van der Waals surface area contributed by atoms with E-state index in [1.54, 1.807) is 11.9 Å². The number of carbonyl (C=O) groups is 1. The normalized spacial score (nSPS) is 15.8. The zero-order valence-corrected chi connectivity index (χ0v) is 12.0. The number of rotatable bonds is 4. The number of hydrogen-bond acceptors (Lipinski definition) is 2. The van der Waals surface area contributed by atoms with Gasteiger partial charge in [0.25, 0.3) is 0 Å². The summed E-state index contributed by atoms with van der Waals surface area (Å²) in [5, 5.41) is 2.53. The fourth-order valence-electron chi connectivity index (χ4n) is 2.63. The summed E-state index contributed by atoms with van der Waals surface area (Å²) >= 11 is 0. The van der Waals surface area contributed by atoms with Crippen LogP contribution in [0.4, 0.5) is 18.9 Å². The monoisotopic (exact) mass is 300 g/mol. The molecule has 0 radical (unpaired) electrons. The summed E-state index contributed by atoms with van der Waals surface area (Å²) in [5.74, 6) is -4.27. The minimum absolute atomic E-state index is 0.144. The lowest BCUT2D eigenvalue weighted by Gasteiger charge is -2.31. The topological polar surface area (TPSA) is 32.3 Å². The highest BCUT2D eigenvalue weighted by atomic mass is 19.2. The maximum atomic E-state index is 13.5. The van der Waals surface area contributed by atoms with Crippen LogP contribution in [0.5, 0.6) is 0 Å². The van der Waals surface area contributed by atoms with E-state index in [-0.39, 0.29) is 24.2 Å². The molecule has 2 rings (SSSR count). The molecule has 0 saturated heterocycles. The van der Waals surface area contributed by atoms with E-state index >= 15 is 0 Å². The smallest absolute Gasteiger partial charge is 0.241 e. The van der Waals surface area contributed by atoms with Gasteiger partial charge in [0.15, 0.2) is 17.5 Å². The lowest BCUT2D eigenvalue weighted by atomic mass is 9.94. The highest BCUT2D eigenvalue weighted by molar-refractivity contribution is 5.81. The Bertz CT molecular complexity index is 516. The first-order valence-corrected chi connectivity index (χ1v) is 7.13. The van der Waals surface area contributed by atoms with E-state index in [1.807, 2.05) is 0 Å². The maximum absolute atomic E-state index is 13.5. The van der Waals surface area contributed by atoms with Crippen molar-refractivity contribution >= 4 is 11.6 Å². The van der Waals surface area contributed by atoms with Crippen LogP contribution in [0.2, 0.25) is 0 Å². The molecule has 0 spiro atoms. The molecular weight excluding hydrogens is 281 g/mol. The zero-order chi connectivity index (χ0) is 15.4. The molecular formula is C15H19F3N2O. The van der Waals surface area contributed by atoms with Gasteiger partial charge in [0.1, 0.15) is 0 Å². The van der Waals surface area contributed by atoms with Crippen molar-refractivity contribution in [3.63, 3.8) is 0 Å². The van der Waals surface area contributed by atoms with Crippen molar-refractivity contribution in [1.29, 1.82) is 0 Å². The maximum Gasteiger partial charge on any atom is 0.241 e. The summed E-state index contributed by atoms with van der Waals surface area (Å²) in [5.41, 5.74) is -0.209. The molecule has 0 heterocycles. The SMILES string of the molecule is CN(C(=O)CNc1ccc(F)c(F)c1F)C1CCCCC1. The van der Waals surface area contributed by atoms with Gasteiger partial charge in [-0.15, -0.1) is 0 Å². The fraction of sp³-hybridized carbons (Fsp3) is 0.533. The van der Waals surface area contributed by atoms with Crippen molar-refractivity contribution in [1.82, 2.24) is 4.90 Å². The number of amides is 1. The minimum atomic E-state index is -1.53. The van der Waals surface area contributed by atoms with Crippen LogP contribution >= 0.6 is 0 Å². The number of nitrogens with zero attached hydrogens (tertiary/aromatic N) is 1.